The van der Waals surface area contributed by atoms with Gasteiger partial charge in [-0.05, 0) is 37.7 Å². The van der Waals surface area contributed by atoms with E-state index in [9.17, 15) is 17.6 Å². The zero-order valence-corrected chi connectivity index (χ0v) is 20.0. The Morgan fingerprint density at radius 2 is 1.83 bits per heavy atom. The maximum atomic E-state index is 14.4. The molecule has 5 rings (SSSR count). The van der Waals surface area contributed by atoms with Crippen LogP contribution in [0.3, 0.4) is 0 Å². The summed E-state index contributed by atoms with van der Waals surface area (Å²) in [5, 5.41) is 0.192. The number of aromatic amines is 1. The van der Waals surface area contributed by atoms with E-state index in [1.54, 1.807) is 30.3 Å². The second-order valence-corrected chi connectivity index (χ2v) is 10.7. The van der Waals surface area contributed by atoms with E-state index in [0.29, 0.717) is 23.5 Å². The number of hydrogen-bond acceptors (Lipinski definition) is 7. The highest BCUT2D eigenvalue weighted by molar-refractivity contribution is 7.90. The number of H-pyrrole nitrogens is 1. The molecular weight excluding hydrogens is 471 g/mol. The molecule has 1 N–H and O–H groups in total. The van der Waals surface area contributed by atoms with Crippen LogP contribution in [0.5, 0.6) is 5.75 Å². The Labute approximate surface area is 201 Å². The van der Waals surface area contributed by atoms with Crippen molar-refractivity contribution in [1.29, 1.82) is 0 Å². The maximum absolute atomic E-state index is 14.4. The molecule has 8 nitrogen and oxygen atoms in total. The topological polar surface area (TPSA) is 105 Å². The lowest BCUT2D eigenvalue weighted by atomic mass is 10.1. The Bertz CT molecular complexity index is 1590. The van der Waals surface area contributed by atoms with E-state index in [1.165, 1.54) is 24.3 Å². The molecule has 35 heavy (non-hydrogen) atoms. The molecule has 1 saturated heterocycles. The number of hydrogen-bond donors (Lipinski definition) is 1. The largest absolute Gasteiger partial charge is 0.488 e. The lowest BCUT2D eigenvalue weighted by molar-refractivity contribution is 0.210. The molecular formula is C25H23FN4O4S. The van der Waals surface area contributed by atoms with E-state index >= 15 is 0 Å². The zero-order valence-electron chi connectivity index (χ0n) is 19.2. The van der Waals surface area contributed by atoms with Crippen LogP contribution in [0, 0.1) is 5.82 Å². The summed E-state index contributed by atoms with van der Waals surface area (Å²) in [6.07, 6.45) is 1.81. The van der Waals surface area contributed by atoms with Gasteiger partial charge in [0.1, 0.15) is 28.8 Å². The van der Waals surface area contributed by atoms with Crippen LogP contribution >= 0.6 is 0 Å². The van der Waals surface area contributed by atoms with Gasteiger partial charge in [-0.25, -0.2) is 22.8 Å². The molecule has 0 bridgehead atoms. The number of likely N-dealkylation sites (tertiary alicyclic amines) is 1. The van der Waals surface area contributed by atoms with Crippen molar-refractivity contribution in [3.8, 4) is 28.5 Å². The molecule has 1 atom stereocenters. The van der Waals surface area contributed by atoms with E-state index < -0.39 is 21.2 Å². The van der Waals surface area contributed by atoms with Gasteiger partial charge in [0.05, 0.1) is 16.1 Å². The van der Waals surface area contributed by atoms with Crippen LogP contribution in [0.2, 0.25) is 0 Å². The Morgan fingerprint density at radius 3 is 2.51 bits per heavy atom. The molecule has 0 aliphatic carbocycles. The minimum atomic E-state index is -3.31. The van der Waals surface area contributed by atoms with Crippen molar-refractivity contribution in [2.45, 2.75) is 17.4 Å². The minimum absolute atomic E-state index is 0.128. The minimum Gasteiger partial charge on any atom is -0.488 e. The first kappa shape index (κ1) is 23.1. The zero-order chi connectivity index (χ0) is 24.7. The molecule has 2 aromatic heterocycles. The first-order valence-electron chi connectivity index (χ1n) is 11.0. The Balaban J connectivity index is 1.53. The van der Waals surface area contributed by atoms with Gasteiger partial charge in [-0.1, -0.05) is 18.2 Å². The number of ether oxygens (including phenoxy) is 1. The standard InChI is InChI=1S/C25H23FN4O4S/c1-30-11-10-17(14-30)34-22-13-16(26)12-21-23(22)25(31)29-24(28-21)20-5-3-4-19(27-20)15-6-8-18(9-7-15)35(2,32)33/h3-9,12-13,17H,10-11,14H2,1-2H3,(H,28,29,31). The summed E-state index contributed by atoms with van der Waals surface area (Å²) < 4.78 is 43.8. The van der Waals surface area contributed by atoms with E-state index in [-0.39, 0.29) is 33.5 Å². The first-order chi connectivity index (χ1) is 16.7. The Hall–Kier alpha value is -3.63. The van der Waals surface area contributed by atoms with Gasteiger partial charge in [0, 0.05) is 37.0 Å². The average Bonchev–Trinajstić information content (AvgIpc) is 3.22. The van der Waals surface area contributed by atoms with Gasteiger partial charge in [-0.15, -0.1) is 0 Å². The van der Waals surface area contributed by atoms with Crippen molar-refractivity contribution in [1.82, 2.24) is 19.9 Å². The second kappa shape index (κ2) is 8.86. The molecule has 0 amide bonds. The SMILES string of the molecule is CN1CCC(Oc2cc(F)cc3nc(-c4cccc(-c5ccc(S(C)(=O)=O)cc5)n4)[nH]c(=O)c23)C1. The summed E-state index contributed by atoms with van der Waals surface area (Å²) in [7, 11) is -1.33. The van der Waals surface area contributed by atoms with Crippen molar-refractivity contribution in [3.05, 3.63) is 70.8 Å². The van der Waals surface area contributed by atoms with Gasteiger partial charge < -0.3 is 14.6 Å². The van der Waals surface area contributed by atoms with Gasteiger partial charge in [0.25, 0.3) is 5.56 Å². The van der Waals surface area contributed by atoms with Crippen LogP contribution in [0.4, 0.5) is 4.39 Å². The van der Waals surface area contributed by atoms with E-state index in [1.807, 2.05) is 7.05 Å². The van der Waals surface area contributed by atoms with Gasteiger partial charge in [-0.3, -0.25) is 4.79 Å². The number of likely N-dealkylation sites (N-methyl/N-ethyl adjacent to an activating group) is 1. The summed E-state index contributed by atoms with van der Waals surface area (Å²) in [6.45, 7) is 1.57. The molecule has 0 spiro atoms. The summed E-state index contributed by atoms with van der Waals surface area (Å²) in [5.74, 6) is -0.182. The number of sulfone groups is 1. The van der Waals surface area contributed by atoms with Gasteiger partial charge in [0.15, 0.2) is 15.7 Å². The first-order valence-corrected chi connectivity index (χ1v) is 12.9. The van der Waals surface area contributed by atoms with E-state index in [0.717, 1.165) is 19.2 Å². The maximum Gasteiger partial charge on any atom is 0.262 e. The van der Waals surface area contributed by atoms with Crippen LogP contribution in [0.1, 0.15) is 6.42 Å². The normalized spacial score (nSPS) is 16.6. The van der Waals surface area contributed by atoms with E-state index in [2.05, 4.69) is 19.9 Å². The Kier molecular flexibility index (Phi) is 5.86. The molecule has 2 aromatic carbocycles. The second-order valence-electron chi connectivity index (χ2n) is 8.71. The van der Waals surface area contributed by atoms with Crippen LogP contribution in [0.25, 0.3) is 33.7 Å². The number of halogens is 1. The lowest BCUT2D eigenvalue weighted by Gasteiger charge is -2.15. The fourth-order valence-corrected chi connectivity index (χ4v) is 4.82. The molecule has 1 aliphatic rings. The van der Waals surface area contributed by atoms with Crippen molar-refractivity contribution >= 4 is 20.7 Å². The van der Waals surface area contributed by atoms with Crippen molar-refractivity contribution in [2.75, 3.05) is 26.4 Å². The van der Waals surface area contributed by atoms with Crippen LogP contribution in [0.15, 0.2) is 64.3 Å². The molecule has 10 heteroatoms. The number of nitrogens with one attached hydrogen (secondary N) is 1. The fraction of sp³-hybridized carbons (Fsp3) is 0.240. The van der Waals surface area contributed by atoms with Crippen molar-refractivity contribution < 1.29 is 17.5 Å². The molecule has 3 heterocycles. The predicted molar refractivity (Wildman–Crippen MR) is 131 cm³/mol. The number of benzene rings is 2. The third-order valence-electron chi connectivity index (χ3n) is 5.95. The van der Waals surface area contributed by atoms with Crippen LogP contribution in [-0.2, 0) is 9.84 Å². The number of fused-ring (bicyclic) bond motifs is 1. The Morgan fingerprint density at radius 1 is 1.09 bits per heavy atom. The summed E-state index contributed by atoms with van der Waals surface area (Å²) >= 11 is 0. The van der Waals surface area contributed by atoms with Crippen molar-refractivity contribution in [3.63, 3.8) is 0 Å². The monoisotopic (exact) mass is 494 g/mol. The predicted octanol–water partition coefficient (Wildman–Crippen LogP) is 3.28. The van der Waals surface area contributed by atoms with E-state index in [4.69, 9.17) is 4.74 Å². The fourth-order valence-electron chi connectivity index (χ4n) is 4.19. The number of aromatic nitrogens is 3. The smallest absolute Gasteiger partial charge is 0.262 e. The number of nitrogens with zero attached hydrogens (tertiary/aromatic N) is 3. The summed E-state index contributed by atoms with van der Waals surface area (Å²) in [4.78, 5) is 27.2. The van der Waals surface area contributed by atoms with Gasteiger partial charge in [-0.2, -0.15) is 0 Å². The molecule has 4 aromatic rings. The molecule has 0 radical (unpaired) electrons. The lowest BCUT2D eigenvalue weighted by Crippen LogP contribution is -2.22. The molecule has 1 unspecified atom stereocenters. The highest BCUT2D eigenvalue weighted by Gasteiger charge is 2.23. The third-order valence-corrected chi connectivity index (χ3v) is 7.08. The average molecular weight is 495 g/mol. The highest BCUT2D eigenvalue weighted by atomic mass is 32.2. The van der Waals surface area contributed by atoms with Crippen molar-refractivity contribution in [2.24, 2.45) is 0 Å². The van der Waals surface area contributed by atoms with Crippen LogP contribution in [-0.4, -0.2) is 60.8 Å². The molecule has 1 fully saturated rings. The van der Waals surface area contributed by atoms with Gasteiger partial charge >= 0.3 is 0 Å². The molecule has 1 aliphatic heterocycles. The molecule has 180 valence electrons. The van der Waals surface area contributed by atoms with Crippen LogP contribution < -0.4 is 10.3 Å². The highest BCUT2D eigenvalue weighted by Crippen LogP contribution is 2.28. The summed E-state index contributed by atoms with van der Waals surface area (Å²) in [5.41, 5.74) is 1.38. The summed E-state index contributed by atoms with van der Waals surface area (Å²) in [6, 6.07) is 14.0. The number of rotatable bonds is 5. The number of pyridine rings is 1. The molecule has 0 saturated carbocycles. The third kappa shape index (κ3) is 4.80. The van der Waals surface area contributed by atoms with Gasteiger partial charge in [0.2, 0.25) is 0 Å². The quantitative estimate of drug-likeness (QED) is 0.454.